The fourth-order valence-electron chi connectivity index (χ4n) is 3.38. The monoisotopic (exact) mass is 405 g/mol. The largest absolute Gasteiger partial charge is 0.478 e. The zero-order chi connectivity index (χ0) is 21.5. The number of carboxylic acid groups (broad SMARTS) is 1. The second-order valence-corrected chi connectivity index (χ2v) is 7.29. The zero-order valence-electron chi connectivity index (χ0n) is 17.5. The van der Waals surface area contributed by atoms with Crippen LogP contribution in [0.4, 0.5) is 0 Å². The van der Waals surface area contributed by atoms with Crippen LogP contribution in [0.5, 0.6) is 0 Å². The van der Waals surface area contributed by atoms with Gasteiger partial charge in [-0.2, -0.15) is 0 Å². The summed E-state index contributed by atoms with van der Waals surface area (Å²) in [5.41, 5.74) is 2.83. The molecule has 3 rings (SSSR count). The average molecular weight is 405 g/mol. The lowest BCUT2D eigenvalue weighted by Crippen LogP contribution is -2.08. The summed E-state index contributed by atoms with van der Waals surface area (Å²) >= 11 is 0. The smallest absolute Gasteiger partial charge is 0.336 e. The minimum Gasteiger partial charge on any atom is -0.478 e. The zero-order valence-corrected chi connectivity index (χ0v) is 17.5. The van der Waals surface area contributed by atoms with Gasteiger partial charge in [0.15, 0.2) is 0 Å². The molecule has 0 aliphatic rings. The van der Waals surface area contributed by atoms with Crippen molar-refractivity contribution in [3.05, 3.63) is 71.3 Å². The van der Waals surface area contributed by atoms with Crippen molar-refractivity contribution in [1.29, 1.82) is 0 Å². The highest BCUT2D eigenvalue weighted by atomic mass is 16.4. The molecule has 0 aliphatic carbocycles. The first kappa shape index (κ1) is 21.4. The van der Waals surface area contributed by atoms with Gasteiger partial charge in [-0.3, -0.25) is 4.79 Å². The molecule has 0 bridgehead atoms. The number of benzene rings is 2. The van der Waals surface area contributed by atoms with Crippen LogP contribution in [0.25, 0.3) is 11.1 Å². The van der Waals surface area contributed by atoms with Gasteiger partial charge < -0.3 is 5.11 Å². The van der Waals surface area contributed by atoms with Crippen LogP contribution >= 0.6 is 0 Å². The first-order valence-electron chi connectivity index (χ1n) is 10.4. The van der Waals surface area contributed by atoms with E-state index in [0.29, 0.717) is 18.5 Å². The van der Waals surface area contributed by atoms with Crippen molar-refractivity contribution < 1.29 is 14.7 Å². The maximum Gasteiger partial charge on any atom is 0.336 e. The molecule has 0 saturated carbocycles. The maximum absolute atomic E-state index is 12.1. The Balaban J connectivity index is 1.83. The molecular formula is C24H27N3O3. The van der Waals surface area contributed by atoms with Crippen molar-refractivity contribution in [3.8, 4) is 11.1 Å². The van der Waals surface area contributed by atoms with E-state index >= 15 is 0 Å². The number of aryl methyl sites for hydroxylation is 1. The van der Waals surface area contributed by atoms with E-state index in [2.05, 4.69) is 17.0 Å². The maximum atomic E-state index is 12.1. The summed E-state index contributed by atoms with van der Waals surface area (Å²) in [6.07, 6.45) is 4.42. The number of Topliss-reactive ketones (excluding diaryl/α,β-unsaturated/α-hetero) is 1. The molecule has 0 amide bonds. The van der Waals surface area contributed by atoms with Crippen molar-refractivity contribution >= 4 is 11.8 Å². The van der Waals surface area contributed by atoms with Crippen LogP contribution in [-0.2, 0) is 13.0 Å². The van der Waals surface area contributed by atoms with E-state index in [1.807, 2.05) is 48.0 Å². The quantitative estimate of drug-likeness (QED) is 0.378. The molecule has 0 fully saturated rings. The molecule has 0 saturated heterocycles. The minimum atomic E-state index is -0.942. The van der Waals surface area contributed by atoms with Gasteiger partial charge in [0.1, 0.15) is 5.82 Å². The van der Waals surface area contributed by atoms with E-state index in [1.54, 1.807) is 12.1 Å². The first-order valence-corrected chi connectivity index (χ1v) is 10.4. The standard InChI is InChI=1S/C24H27N3O3/c1-3-5-6-11-22-25-23(21(28)4-2)26-27(22)16-17-12-14-18(15-13-17)19-9-7-8-10-20(19)24(29)30/h7-10,12-15H,3-6,11,16H2,1-2H3,(H,29,30). The molecule has 1 heterocycles. The Morgan fingerprint density at radius 1 is 1.00 bits per heavy atom. The molecule has 1 aromatic heterocycles. The van der Waals surface area contributed by atoms with E-state index in [-0.39, 0.29) is 17.2 Å². The van der Waals surface area contributed by atoms with E-state index in [4.69, 9.17) is 0 Å². The van der Waals surface area contributed by atoms with Gasteiger partial charge in [0.05, 0.1) is 12.1 Å². The molecule has 0 radical (unpaired) electrons. The van der Waals surface area contributed by atoms with E-state index in [9.17, 15) is 14.7 Å². The van der Waals surface area contributed by atoms with Crippen molar-refractivity contribution in [2.24, 2.45) is 0 Å². The fraction of sp³-hybridized carbons (Fsp3) is 0.333. The molecule has 0 unspecified atom stereocenters. The lowest BCUT2D eigenvalue weighted by molar-refractivity contribution is 0.0697. The molecule has 1 N–H and O–H groups in total. The summed E-state index contributed by atoms with van der Waals surface area (Å²) < 4.78 is 1.82. The molecular weight excluding hydrogens is 378 g/mol. The summed E-state index contributed by atoms with van der Waals surface area (Å²) in [5, 5.41) is 13.9. The average Bonchev–Trinajstić information content (AvgIpc) is 3.16. The number of hydrogen-bond donors (Lipinski definition) is 1. The first-order chi connectivity index (χ1) is 14.5. The number of unbranched alkanes of at least 4 members (excludes halogenated alkanes) is 2. The Morgan fingerprint density at radius 2 is 1.73 bits per heavy atom. The Bertz CT molecular complexity index is 1020. The van der Waals surface area contributed by atoms with Gasteiger partial charge in [-0.15, -0.1) is 5.10 Å². The van der Waals surface area contributed by atoms with Crippen LogP contribution in [-0.4, -0.2) is 31.6 Å². The third-order valence-corrected chi connectivity index (χ3v) is 5.08. The van der Waals surface area contributed by atoms with Crippen molar-refractivity contribution in [1.82, 2.24) is 14.8 Å². The summed E-state index contributed by atoms with van der Waals surface area (Å²) in [7, 11) is 0. The van der Waals surface area contributed by atoms with Crippen molar-refractivity contribution in [2.75, 3.05) is 0 Å². The van der Waals surface area contributed by atoms with Gasteiger partial charge >= 0.3 is 5.97 Å². The summed E-state index contributed by atoms with van der Waals surface area (Å²) in [6.45, 7) is 4.49. The topological polar surface area (TPSA) is 85.1 Å². The van der Waals surface area contributed by atoms with Crippen LogP contribution in [0.3, 0.4) is 0 Å². The summed E-state index contributed by atoms with van der Waals surface area (Å²) in [4.78, 5) is 28.0. The van der Waals surface area contributed by atoms with Crippen molar-refractivity contribution in [2.45, 2.75) is 52.5 Å². The summed E-state index contributed by atoms with van der Waals surface area (Å²) in [5.74, 6) is 0.129. The SMILES string of the molecule is CCCCCc1nc(C(=O)CC)nn1Cc1ccc(-c2ccccc2C(=O)O)cc1. The normalized spacial score (nSPS) is 10.9. The van der Waals surface area contributed by atoms with E-state index in [1.165, 1.54) is 0 Å². The number of rotatable bonds is 10. The Kier molecular flexibility index (Phi) is 7.12. The molecule has 0 atom stereocenters. The molecule has 2 aromatic carbocycles. The predicted octanol–water partition coefficient (Wildman–Crippen LogP) is 5.02. The van der Waals surface area contributed by atoms with Gasteiger partial charge in [-0.05, 0) is 29.2 Å². The number of nitrogens with zero attached hydrogens (tertiary/aromatic N) is 3. The Morgan fingerprint density at radius 3 is 2.40 bits per heavy atom. The number of hydrogen-bond acceptors (Lipinski definition) is 4. The van der Waals surface area contributed by atoms with Crippen LogP contribution in [0.1, 0.15) is 71.9 Å². The number of carbonyl (C=O) groups is 2. The van der Waals surface area contributed by atoms with Crippen LogP contribution < -0.4 is 0 Å². The predicted molar refractivity (Wildman–Crippen MR) is 116 cm³/mol. The van der Waals surface area contributed by atoms with Crippen LogP contribution in [0.2, 0.25) is 0 Å². The van der Waals surface area contributed by atoms with Gasteiger partial charge in [-0.1, -0.05) is 69.2 Å². The number of carbonyl (C=O) groups excluding carboxylic acids is 1. The van der Waals surface area contributed by atoms with Gasteiger partial charge in [0.2, 0.25) is 11.6 Å². The molecule has 30 heavy (non-hydrogen) atoms. The number of carboxylic acids is 1. The number of ketones is 1. The Labute approximate surface area is 176 Å². The highest BCUT2D eigenvalue weighted by Crippen LogP contribution is 2.24. The molecule has 0 aliphatic heterocycles. The Hall–Kier alpha value is -3.28. The van der Waals surface area contributed by atoms with Crippen molar-refractivity contribution in [3.63, 3.8) is 0 Å². The van der Waals surface area contributed by atoms with Gasteiger partial charge in [0, 0.05) is 12.8 Å². The second kappa shape index (κ2) is 9.96. The van der Waals surface area contributed by atoms with Crippen LogP contribution in [0.15, 0.2) is 48.5 Å². The lowest BCUT2D eigenvalue weighted by atomic mass is 9.99. The number of aromatic carboxylic acids is 1. The highest BCUT2D eigenvalue weighted by molar-refractivity contribution is 5.96. The van der Waals surface area contributed by atoms with E-state index < -0.39 is 5.97 Å². The molecule has 3 aromatic rings. The lowest BCUT2D eigenvalue weighted by Gasteiger charge is -2.09. The molecule has 6 nitrogen and oxygen atoms in total. The highest BCUT2D eigenvalue weighted by Gasteiger charge is 2.15. The third-order valence-electron chi connectivity index (χ3n) is 5.08. The minimum absolute atomic E-state index is 0.0499. The van der Waals surface area contributed by atoms with E-state index in [0.717, 1.165) is 42.6 Å². The van der Waals surface area contributed by atoms with Gasteiger partial charge in [-0.25, -0.2) is 14.5 Å². The fourth-order valence-corrected chi connectivity index (χ4v) is 3.38. The molecule has 6 heteroatoms. The molecule has 0 spiro atoms. The van der Waals surface area contributed by atoms with Gasteiger partial charge in [0.25, 0.3) is 0 Å². The number of aromatic nitrogens is 3. The van der Waals surface area contributed by atoms with Crippen LogP contribution in [0, 0.1) is 0 Å². The second-order valence-electron chi connectivity index (χ2n) is 7.29. The molecule has 156 valence electrons. The third kappa shape index (κ3) is 5.00. The summed E-state index contributed by atoms with van der Waals surface area (Å²) in [6, 6.07) is 14.7.